The van der Waals surface area contributed by atoms with Gasteiger partial charge in [0.2, 0.25) is 0 Å². The first-order valence-corrected chi connectivity index (χ1v) is 4.44. The monoisotopic (exact) mass is 246 g/mol. The predicted octanol–water partition coefficient (Wildman–Crippen LogP) is 2.56. The van der Waals surface area contributed by atoms with Crippen molar-refractivity contribution in [1.82, 2.24) is 0 Å². The summed E-state index contributed by atoms with van der Waals surface area (Å²) in [4.78, 5) is 11.1. The van der Waals surface area contributed by atoms with E-state index in [9.17, 15) is 4.79 Å². The summed E-state index contributed by atoms with van der Waals surface area (Å²) in [6.45, 7) is 0. The van der Waals surface area contributed by atoms with Gasteiger partial charge in [-0.3, -0.25) is 4.79 Å². The average molecular weight is 247 g/mol. The van der Waals surface area contributed by atoms with Gasteiger partial charge in [-0.05, 0) is 28.1 Å². The minimum absolute atomic E-state index is 0.577. The predicted molar refractivity (Wildman–Crippen MR) is 53.3 cm³/mol. The third-order valence-corrected chi connectivity index (χ3v) is 2.31. The third-order valence-electron chi connectivity index (χ3n) is 1.39. The van der Waals surface area contributed by atoms with E-state index in [1.54, 1.807) is 19.2 Å². The van der Waals surface area contributed by atoms with Gasteiger partial charge in [-0.2, -0.15) is 0 Å². The van der Waals surface area contributed by atoms with Crippen LogP contribution in [-0.2, 0) is 0 Å². The number of carbonyl (C=O) groups excluding carboxylic acids is 1. The highest BCUT2D eigenvalue weighted by Crippen LogP contribution is 2.32. The molecule has 0 fully saturated rings. The quantitative estimate of drug-likeness (QED) is 0.642. The Balaban J connectivity index is 3.27. The van der Waals surface area contributed by atoms with Crippen LogP contribution in [0.2, 0.25) is 0 Å². The molecule has 0 unspecified atom stereocenters. The zero-order chi connectivity index (χ0) is 9.14. The van der Waals surface area contributed by atoms with Crippen molar-refractivity contribution in [2.24, 2.45) is 0 Å². The molecule has 0 aliphatic heterocycles. The summed E-state index contributed by atoms with van der Waals surface area (Å²) in [7, 11) is 1.56. The van der Waals surface area contributed by atoms with Gasteiger partial charge in [-0.1, -0.05) is 0 Å². The van der Waals surface area contributed by atoms with Crippen molar-refractivity contribution in [2.45, 2.75) is 4.90 Å². The van der Waals surface area contributed by atoms with Crippen LogP contribution in [0.25, 0.3) is 0 Å². The molecule has 0 heterocycles. The number of hydrogen-bond acceptors (Lipinski definition) is 3. The summed E-state index contributed by atoms with van der Waals surface area (Å²) >= 11 is 7.42. The summed E-state index contributed by atoms with van der Waals surface area (Å²) in [6.07, 6.45) is 0.768. The maximum Gasteiger partial charge on any atom is 0.150 e. The van der Waals surface area contributed by atoms with E-state index in [1.807, 2.05) is 0 Å². The number of halogens is 1. The molecule has 1 aromatic rings. The molecule has 64 valence electrons. The molecule has 0 spiro atoms. The van der Waals surface area contributed by atoms with Crippen LogP contribution in [0, 0.1) is 0 Å². The molecule has 1 rings (SSSR count). The number of thiol groups is 1. The number of methoxy groups -OCH3 is 1. The van der Waals surface area contributed by atoms with Crippen LogP contribution in [-0.4, -0.2) is 13.4 Å². The molecule has 0 aromatic heterocycles. The minimum atomic E-state index is 0.577. The largest absolute Gasteiger partial charge is 0.494 e. The highest BCUT2D eigenvalue weighted by atomic mass is 79.9. The molecule has 0 N–H and O–H groups in total. The number of carbonyl (C=O) groups is 1. The van der Waals surface area contributed by atoms with Gasteiger partial charge in [-0.15, -0.1) is 12.6 Å². The normalized spacial score (nSPS) is 9.58. The number of aldehydes is 1. The molecule has 12 heavy (non-hydrogen) atoms. The van der Waals surface area contributed by atoms with Crippen molar-refractivity contribution in [3.8, 4) is 5.75 Å². The van der Waals surface area contributed by atoms with Crippen molar-refractivity contribution >= 4 is 34.8 Å². The van der Waals surface area contributed by atoms with Gasteiger partial charge < -0.3 is 4.74 Å². The van der Waals surface area contributed by atoms with Crippen LogP contribution in [0.3, 0.4) is 0 Å². The fraction of sp³-hybridized carbons (Fsp3) is 0.125. The molecular weight excluding hydrogens is 240 g/mol. The summed E-state index contributed by atoms with van der Waals surface area (Å²) in [5.41, 5.74) is 0.577. The second-order valence-electron chi connectivity index (χ2n) is 2.17. The standard InChI is InChI=1S/C8H7BrO2S/c1-11-8-6(9)2-5(4-10)3-7(8)12/h2-4,12H,1H3. The number of ether oxygens (including phenoxy) is 1. The molecule has 0 radical (unpaired) electrons. The lowest BCUT2D eigenvalue weighted by molar-refractivity contribution is 0.112. The highest BCUT2D eigenvalue weighted by molar-refractivity contribution is 9.10. The molecule has 0 bridgehead atoms. The molecule has 0 aliphatic carbocycles. The fourth-order valence-corrected chi connectivity index (χ4v) is 2.02. The van der Waals surface area contributed by atoms with Crippen molar-refractivity contribution in [2.75, 3.05) is 7.11 Å². The fourth-order valence-electron chi connectivity index (χ4n) is 0.869. The van der Waals surface area contributed by atoms with Crippen LogP contribution in [0.15, 0.2) is 21.5 Å². The number of benzene rings is 1. The summed E-state index contributed by atoms with van der Waals surface area (Å²) in [5, 5.41) is 0. The zero-order valence-corrected chi connectivity index (χ0v) is 8.85. The van der Waals surface area contributed by atoms with E-state index >= 15 is 0 Å². The van der Waals surface area contributed by atoms with E-state index in [4.69, 9.17) is 4.74 Å². The van der Waals surface area contributed by atoms with Gasteiger partial charge in [0.15, 0.2) is 0 Å². The Morgan fingerprint density at radius 3 is 2.67 bits per heavy atom. The Morgan fingerprint density at radius 2 is 2.25 bits per heavy atom. The first kappa shape index (κ1) is 9.61. The highest BCUT2D eigenvalue weighted by Gasteiger charge is 2.05. The third kappa shape index (κ3) is 1.81. The van der Waals surface area contributed by atoms with Gasteiger partial charge in [-0.25, -0.2) is 0 Å². The number of hydrogen-bond donors (Lipinski definition) is 1. The second-order valence-corrected chi connectivity index (χ2v) is 3.51. The van der Waals surface area contributed by atoms with Crippen LogP contribution < -0.4 is 4.74 Å². The van der Waals surface area contributed by atoms with Gasteiger partial charge in [0.1, 0.15) is 12.0 Å². The van der Waals surface area contributed by atoms with E-state index in [1.165, 1.54) is 0 Å². The lowest BCUT2D eigenvalue weighted by Gasteiger charge is -2.06. The molecule has 0 atom stereocenters. The Bertz CT molecular complexity index is 289. The number of rotatable bonds is 2. The molecule has 0 aliphatic rings. The molecule has 1 aromatic carbocycles. The van der Waals surface area contributed by atoms with Crippen LogP contribution >= 0.6 is 28.6 Å². The molecule has 4 heteroatoms. The lowest BCUT2D eigenvalue weighted by Crippen LogP contribution is -1.89. The van der Waals surface area contributed by atoms with Crippen molar-refractivity contribution < 1.29 is 9.53 Å². The zero-order valence-electron chi connectivity index (χ0n) is 6.37. The van der Waals surface area contributed by atoms with Gasteiger partial charge >= 0.3 is 0 Å². The Labute approximate surface area is 84.5 Å². The Morgan fingerprint density at radius 1 is 1.58 bits per heavy atom. The van der Waals surface area contributed by atoms with E-state index in [2.05, 4.69) is 28.6 Å². The summed E-state index contributed by atoms with van der Waals surface area (Å²) < 4.78 is 5.77. The topological polar surface area (TPSA) is 26.3 Å². The average Bonchev–Trinajstić information content (AvgIpc) is 2.03. The van der Waals surface area contributed by atoms with Crippen LogP contribution in [0.1, 0.15) is 10.4 Å². The molecule has 2 nitrogen and oxygen atoms in total. The van der Waals surface area contributed by atoms with Gasteiger partial charge in [0.25, 0.3) is 0 Å². The van der Waals surface area contributed by atoms with E-state index < -0.39 is 0 Å². The lowest BCUT2D eigenvalue weighted by atomic mass is 10.2. The van der Waals surface area contributed by atoms with Crippen molar-refractivity contribution in [3.63, 3.8) is 0 Å². The molecule has 0 saturated heterocycles. The van der Waals surface area contributed by atoms with E-state index in [0.29, 0.717) is 16.2 Å². The molecular formula is C8H7BrO2S. The maximum absolute atomic E-state index is 10.4. The maximum atomic E-state index is 10.4. The van der Waals surface area contributed by atoms with Gasteiger partial charge in [0, 0.05) is 10.5 Å². The first-order valence-electron chi connectivity index (χ1n) is 3.20. The summed E-state index contributed by atoms with van der Waals surface area (Å²) in [6, 6.07) is 3.34. The van der Waals surface area contributed by atoms with Crippen LogP contribution in [0.4, 0.5) is 0 Å². The molecule has 0 amide bonds. The summed E-state index contributed by atoms with van der Waals surface area (Å²) in [5.74, 6) is 0.643. The molecule has 0 saturated carbocycles. The Hall–Kier alpha value is -0.480. The SMILES string of the molecule is COc1c(S)cc(C=O)cc1Br. The van der Waals surface area contributed by atoms with E-state index in [0.717, 1.165) is 10.8 Å². The van der Waals surface area contributed by atoms with E-state index in [-0.39, 0.29) is 0 Å². The second kappa shape index (κ2) is 3.96. The first-order chi connectivity index (χ1) is 5.69. The Kier molecular flexibility index (Phi) is 3.17. The van der Waals surface area contributed by atoms with Gasteiger partial charge in [0.05, 0.1) is 11.6 Å². The minimum Gasteiger partial charge on any atom is -0.494 e. The van der Waals surface area contributed by atoms with Crippen molar-refractivity contribution in [3.05, 3.63) is 22.2 Å². The van der Waals surface area contributed by atoms with Crippen LogP contribution in [0.5, 0.6) is 5.75 Å². The van der Waals surface area contributed by atoms with Crippen molar-refractivity contribution in [1.29, 1.82) is 0 Å². The smallest absolute Gasteiger partial charge is 0.150 e.